The number of ether oxygens (including phenoxy) is 1. The number of pyridine rings is 1. The van der Waals surface area contributed by atoms with Crippen LogP contribution in [0, 0.1) is 0 Å². The number of aromatic nitrogens is 1. The van der Waals surface area contributed by atoms with E-state index in [0.29, 0.717) is 5.75 Å². The number of hydrogen-bond acceptors (Lipinski definition) is 3. The lowest BCUT2D eigenvalue weighted by molar-refractivity contribution is -0.686. The molecule has 1 amide bonds. The second kappa shape index (κ2) is 8.45. The average molecular weight is 328 g/mol. The molecule has 0 saturated heterocycles. The van der Waals surface area contributed by atoms with Crippen molar-refractivity contribution >= 4 is 5.91 Å². The van der Waals surface area contributed by atoms with Crippen LogP contribution in [0.15, 0.2) is 48.7 Å². The molecule has 0 fully saturated rings. The SMILES string of the molecule is CC(C)(C)NC(=O)COc1ccc(C[NH2+]Cc2ccccn2)cc1. The third-order valence-electron chi connectivity index (χ3n) is 3.27. The van der Waals surface area contributed by atoms with Crippen LogP contribution in [0.4, 0.5) is 0 Å². The van der Waals surface area contributed by atoms with Gasteiger partial charge in [-0.25, -0.2) is 0 Å². The number of carbonyl (C=O) groups is 1. The van der Waals surface area contributed by atoms with Gasteiger partial charge in [-0.2, -0.15) is 0 Å². The van der Waals surface area contributed by atoms with Crippen LogP contribution < -0.4 is 15.4 Å². The summed E-state index contributed by atoms with van der Waals surface area (Å²) in [6, 6.07) is 13.8. The van der Waals surface area contributed by atoms with Crippen molar-refractivity contribution in [3.8, 4) is 5.75 Å². The Morgan fingerprint density at radius 2 is 1.88 bits per heavy atom. The lowest BCUT2D eigenvalue weighted by atomic mass is 10.1. The van der Waals surface area contributed by atoms with Gasteiger partial charge < -0.3 is 15.4 Å². The number of rotatable bonds is 7. The molecule has 0 aliphatic rings. The van der Waals surface area contributed by atoms with Gasteiger partial charge in [0.2, 0.25) is 0 Å². The Labute approximate surface area is 143 Å². The highest BCUT2D eigenvalue weighted by molar-refractivity contribution is 5.78. The molecule has 1 heterocycles. The van der Waals surface area contributed by atoms with Crippen molar-refractivity contribution in [3.63, 3.8) is 0 Å². The van der Waals surface area contributed by atoms with E-state index in [0.717, 1.165) is 18.8 Å². The fraction of sp³-hybridized carbons (Fsp3) is 0.368. The molecule has 2 rings (SSSR count). The van der Waals surface area contributed by atoms with Crippen molar-refractivity contribution < 1.29 is 14.8 Å². The summed E-state index contributed by atoms with van der Waals surface area (Å²) in [7, 11) is 0. The third-order valence-corrected chi connectivity index (χ3v) is 3.27. The molecule has 1 aromatic heterocycles. The summed E-state index contributed by atoms with van der Waals surface area (Å²) < 4.78 is 5.51. The fourth-order valence-corrected chi connectivity index (χ4v) is 2.23. The topological polar surface area (TPSA) is 67.8 Å². The van der Waals surface area contributed by atoms with Gasteiger partial charge in [-0.3, -0.25) is 9.78 Å². The Kier molecular flexibility index (Phi) is 6.32. The van der Waals surface area contributed by atoms with Crippen molar-refractivity contribution in [1.29, 1.82) is 0 Å². The molecular formula is C19H26N3O2+. The largest absolute Gasteiger partial charge is 0.484 e. The summed E-state index contributed by atoms with van der Waals surface area (Å²) in [6.45, 7) is 7.60. The second-order valence-electron chi connectivity index (χ2n) is 6.75. The summed E-state index contributed by atoms with van der Waals surface area (Å²) in [5.74, 6) is 0.586. The van der Waals surface area contributed by atoms with Gasteiger partial charge in [-0.15, -0.1) is 0 Å². The first kappa shape index (κ1) is 17.9. The van der Waals surface area contributed by atoms with Crippen LogP contribution >= 0.6 is 0 Å². The normalized spacial score (nSPS) is 11.1. The van der Waals surface area contributed by atoms with E-state index in [2.05, 4.69) is 15.6 Å². The van der Waals surface area contributed by atoms with Crippen LogP contribution in [0.2, 0.25) is 0 Å². The minimum absolute atomic E-state index is 0.0302. The molecule has 1 aromatic carbocycles. The number of quaternary nitrogens is 1. The highest BCUT2D eigenvalue weighted by Gasteiger charge is 2.13. The van der Waals surface area contributed by atoms with Crippen molar-refractivity contribution in [2.45, 2.75) is 39.4 Å². The molecule has 24 heavy (non-hydrogen) atoms. The van der Waals surface area contributed by atoms with Gasteiger partial charge >= 0.3 is 0 Å². The third kappa shape index (κ3) is 6.79. The Bertz CT molecular complexity index is 634. The van der Waals surface area contributed by atoms with Crippen LogP contribution in [0.3, 0.4) is 0 Å². The number of hydrogen-bond donors (Lipinski definition) is 2. The molecule has 0 atom stereocenters. The monoisotopic (exact) mass is 328 g/mol. The predicted molar refractivity (Wildman–Crippen MR) is 93.4 cm³/mol. The van der Waals surface area contributed by atoms with E-state index in [1.165, 1.54) is 5.56 Å². The van der Waals surface area contributed by atoms with E-state index in [9.17, 15) is 4.79 Å². The number of amides is 1. The van der Waals surface area contributed by atoms with Crippen LogP contribution in [-0.4, -0.2) is 23.0 Å². The molecule has 3 N–H and O–H groups in total. The summed E-state index contributed by atoms with van der Waals surface area (Å²) in [6.07, 6.45) is 1.81. The first-order valence-electron chi connectivity index (χ1n) is 8.17. The predicted octanol–water partition coefficient (Wildman–Crippen LogP) is 1.64. The maximum Gasteiger partial charge on any atom is 0.258 e. The van der Waals surface area contributed by atoms with Crippen molar-refractivity contribution in [2.75, 3.05) is 6.61 Å². The molecule has 0 spiro atoms. The van der Waals surface area contributed by atoms with Gasteiger partial charge in [0.15, 0.2) is 6.61 Å². The summed E-state index contributed by atoms with van der Waals surface area (Å²) >= 11 is 0. The van der Waals surface area contributed by atoms with Gasteiger partial charge in [0.05, 0.1) is 5.69 Å². The molecule has 0 bridgehead atoms. The first-order valence-corrected chi connectivity index (χ1v) is 8.17. The number of nitrogens with two attached hydrogens (primary N) is 1. The molecule has 0 radical (unpaired) electrons. The van der Waals surface area contributed by atoms with Gasteiger partial charge in [0, 0.05) is 17.3 Å². The Balaban J connectivity index is 1.73. The van der Waals surface area contributed by atoms with E-state index in [1.54, 1.807) is 0 Å². The first-order chi connectivity index (χ1) is 11.4. The summed E-state index contributed by atoms with van der Waals surface area (Å²) in [4.78, 5) is 16.0. The molecule has 0 aliphatic carbocycles. The summed E-state index contributed by atoms with van der Waals surface area (Å²) in [5.41, 5.74) is 2.04. The highest BCUT2D eigenvalue weighted by Crippen LogP contribution is 2.11. The quantitative estimate of drug-likeness (QED) is 0.812. The minimum Gasteiger partial charge on any atom is -0.484 e. The zero-order chi connectivity index (χ0) is 17.4. The Hall–Kier alpha value is -2.40. The molecule has 0 saturated carbocycles. The number of benzene rings is 1. The summed E-state index contributed by atoms with van der Waals surface area (Å²) in [5, 5.41) is 5.07. The molecule has 0 unspecified atom stereocenters. The number of carbonyl (C=O) groups excluding carboxylic acids is 1. The zero-order valence-electron chi connectivity index (χ0n) is 14.6. The maximum atomic E-state index is 11.7. The lowest BCUT2D eigenvalue weighted by Gasteiger charge is -2.20. The molecular weight excluding hydrogens is 302 g/mol. The Morgan fingerprint density at radius 1 is 1.12 bits per heavy atom. The molecule has 128 valence electrons. The van der Waals surface area contributed by atoms with Crippen LogP contribution in [0.5, 0.6) is 5.75 Å². The Morgan fingerprint density at radius 3 is 2.50 bits per heavy atom. The maximum absolute atomic E-state index is 11.7. The van der Waals surface area contributed by atoms with E-state index in [-0.39, 0.29) is 18.1 Å². The minimum atomic E-state index is -0.242. The van der Waals surface area contributed by atoms with Crippen molar-refractivity contribution in [2.24, 2.45) is 0 Å². The van der Waals surface area contributed by atoms with Crippen molar-refractivity contribution in [1.82, 2.24) is 10.3 Å². The molecule has 5 heteroatoms. The fourth-order valence-electron chi connectivity index (χ4n) is 2.23. The molecule has 5 nitrogen and oxygen atoms in total. The highest BCUT2D eigenvalue weighted by atomic mass is 16.5. The van der Waals surface area contributed by atoms with Gasteiger partial charge in [0.25, 0.3) is 5.91 Å². The van der Waals surface area contributed by atoms with Crippen LogP contribution in [0.25, 0.3) is 0 Å². The van der Waals surface area contributed by atoms with Gasteiger partial charge in [-0.1, -0.05) is 6.07 Å². The van der Waals surface area contributed by atoms with Crippen LogP contribution in [0.1, 0.15) is 32.0 Å². The standard InChI is InChI=1S/C19H25N3O2/c1-19(2,3)22-18(23)14-24-17-9-7-15(8-10-17)12-20-13-16-6-4-5-11-21-16/h4-11,20H,12-14H2,1-3H3,(H,22,23)/p+1. The van der Waals surface area contributed by atoms with E-state index in [4.69, 9.17) is 4.74 Å². The van der Waals surface area contributed by atoms with E-state index < -0.39 is 0 Å². The smallest absolute Gasteiger partial charge is 0.258 e. The average Bonchev–Trinajstić information content (AvgIpc) is 2.53. The number of nitrogens with zero attached hydrogens (tertiary/aromatic N) is 1. The van der Waals surface area contributed by atoms with E-state index in [1.807, 2.05) is 69.4 Å². The van der Waals surface area contributed by atoms with Gasteiger partial charge in [-0.05, 0) is 57.2 Å². The van der Waals surface area contributed by atoms with E-state index >= 15 is 0 Å². The van der Waals surface area contributed by atoms with Crippen molar-refractivity contribution in [3.05, 3.63) is 59.9 Å². The zero-order valence-corrected chi connectivity index (χ0v) is 14.6. The lowest BCUT2D eigenvalue weighted by Crippen LogP contribution is -2.80. The van der Waals surface area contributed by atoms with Gasteiger partial charge in [0.1, 0.15) is 18.8 Å². The molecule has 2 aromatic rings. The second-order valence-corrected chi connectivity index (χ2v) is 6.75. The number of nitrogens with one attached hydrogen (secondary N) is 1. The van der Waals surface area contributed by atoms with Crippen LogP contribution in [-0.2, 0) is 17.9 Å². The molecule has 0 aliphatic heterocycles.